The van der Waals surface area contributed by atoms with Gasteiger partial charge in [0.1, 0.15) is 5.84 Å². The van der Waals surface area contributed by atoms with Gasteiger partial charge < -0.3 is 10.6 Å². The van der Waals surface area contributed by atoms with Crippen LogP contribution in [0.3, 0.4) is 0 Å². The standard InChI is InChI=1S/C20H20ClN3O/c21-17-7-3-5-15(13-17)9-10-19(25)22-11-4-12-23-20-18-8-2-1-6-16(18)14-24-20/h1-3,5-10,13H,4,11-12,14H2,(H,22,25)(H,23,24)/b10-9+. The van der Waals surface area contributed by atoms with Crippen LogP contribution in [0.2, 0.25) is 5.02 Å². The number of amidine groups is 1. The maximum Gasteiger partial charge on any atom is 0.244 e. The van der Waals surface area contributed by atoms with Gasteiger partial charge in [-0.25, -0.2) is 0 Å². The van der Waals surface area contributed by atoms with Crippen molar-refractivity contribution in [1.82, 2.24) is 10.6 Å². The fourth-order valence-corrected chi connectivity index (χ4v) is 2.84. The molecule has 1 aliphatic heterocycles. The number of nitrogens with one attached hydrogen (secondary N) is 2. The van der Waals surface area contributed by atoms with E-state index < -0.39 is 0 Å². The molecule has 1 amide bonds. The first-order chi connectivity index (χ1) is 12.2. The molecule has 0 spiro atoms. The molecule has 0 aromatic heterocycles. The molecule has 4 nitrogen and oxygen atoms in total. The van der Waals surface area contributed by atoms with Gasteiger partial charge in [0.25, 0.3) is 0 Å². The fourth-order valence-electron chi connectivity index (χ4n) is 2.64. The monoisotopic (exact) mass is 353 g/mol. The van der Waals surface area contributed by atoms with Crippen LogP contribution < -0.4 is 10.6 Å². The highest BCUT2D eigenvalue weighted by molar-refractivity contribution is 6.30. The van der Waals surface area contributed by atoms with Crippen LogP contribution in [-0.2, 0) is 11.3 Å². The molecule has 128 valence electrons. The molecule has 1 aliphatic rings. The molecule has 0 atom stereocenters. The Bertz CT molecular complexity index is 814. The third kappa shape index (κ3) is 4.94. The van der Waals surface area contributed by atoms with Gasteiger partial charge in [0.15, 0.2) is 0 Å². The molecule has 2 aromatic carbocycles. The minimum atomic E-state index is -0.108. The van der Waals surface area contributed by atoms with Crippen molar-refractivity contribution < 1.29 is 4.79 Å². The molecule has 0 fully saturated rings. The second-order valence-corrected chi connectivity index (χ2v) is 6.22. The second kappa shape index (κ2) is 8.49. The van der Waals surface area contributed by atoms with Gasteiger partial charge in [0.2, 0.25) is 5.91 Å². The summed E-state index contributed by atoms with van der Waals surface area (Å²) < 4.78 is 0. The number of amides is 1. The normalized spacial score (nSPS) is 12.8. The summed E-state index contributed by atoms with van der Waals surface area (Å²) in [6, 6.07) is 15.6. The number of aliphatic imine (C=N–C) groups is 1. The Morgan fingerprint density at radius 3 is 2.92 bits per heavy atom. The Morgan fingerprint density at radius 1 is 1.16 bits per heavy atom. The van der Waals surface area contributed by atoms with Crippen molar-refractivity contribution >= 4 is 29.4 Å². The first kappa shape index (κ1) is 17.2. The summed E-state index contributed by atoms with van der Waals surface area (Å²) in [6.45, 7) is 2.12. The van der Waals surface area contributed by atoms with Gasteiger partial charge in [-0.2, -0.15) is 0 Å². The molecule has 0 unspecified atom stereocenters. The van der Waals surface area contributed by atoms with E-state index in [0.29, 0.717) is 11.6 Å². The molecule has 2 N–H and O–H groups in total. The summed E-state index contributed by atoms with van der Waals surface area (Å²) in [7, 11) is 0. The number of hydrogen-bond donors (Lipinski definition) is 2. The van der Waals surface area contributed by atoms with E-state index in [0.717, 1.165) is 30.9 Å². The van der Waals surface area contributed by atoms with Gasteiger partial charge in [-0.05, 0) is 35.8 Å². The molecule has 25 heavy (non-hydrogen) atoms. The third-order valence-corrected chi connectivity index (χ3v) is 4.14. The first-order valence-corrected chi connectivity index (χ1v) is 8.68. The van der Waals surface area contributed by atoms with Crippen molar-refractivity contribution in [3.63, 3.8) is 0 Å². The molecule has 0 saturated heterocycles. The largest absolute Gasteiger partial charge is 0.370 e. The lowest BCUT2D eigenvalue weighted by atomic mass is 10.1. The van der Waals surface area contributed by atoms with E-state index in [1.54, 1.807) is 12.1 Å². The smallest absolute Gasteiger partial charge is 0.244 e. The Labute approximate surface area is 152 Å². The Kier molecular flexibility index (Phi) is 5.86. The topological polar surface area (TPSA) is 53.5 Å². The average Bonchev–Trinajstić information content (AvgIpc) is 3.03. The number of carbonyl (C=O) groups is 1. The molecule has 5 heteroatoms. The zero-order chi connectivity index (χ0) is 17.5. The molecule has 2 aromatic rings. The maximum atomic E-state index is 11.8. The van der Waals surface area contributed by atoms with E-state index in [-0.39, 0.29) is 5.91 Å². The summed E-state index contributed by atoms with van der Waals surface area (Å²) in [5, 5.41) is 6.87. The van der Waals surface area contributed by atoms with E-state index in [2.05, 4.69) is 27.8 Å². The maximum absolute atomic E-state index is 11.8. The van der Waals surface area contributed by atoms with Crippen LogP contribution in [-0.4, -0.2) is 24.8 Å². The van der Waals surface area contributed by atoms with Gasteiger partial charge in [-0.1, -0.05) is 48.0 Å². The number of carbonyl (C=O) groups excluding carboxylic acids is 1. The zero-order valence-corrected chi connectivity index (χ0v) is 14.6. The molecular weight excluding hydrogens is 334 g/mol. The quantitative estimate of drug-likeness (QED) is 0.617. The van der Waals surface area contributed by atoms with E-state index >= 15 is 0 Å². The van der Waals surface area contributed by atoms with Gasteiger partial charge in [0.05, 0.1) is 6.54 Å². The van der Waals surface area contributed by atoms with E-state index in [4.69, 9.17) is 11.6 Å². The third-order valence-electron chi connectivity index (χ3n) is 3.90. The van der Waals surface area contributed by atoms with Crippen molar-refractivity contribution in [1.29, 1.82) is 0 Å². The predicted octanol–water partition coefficient (Wildman–Crippen LogP) is 3.41. The van der Waals surface area contributed by atoms with Gasteiger partial charge in [0, 0.05) is 29.8 Å². The lowest BCUT2D eigenvalue weighted by Gasteiger charge is -2.07. The van der Waals surface area contributed by atoms with Gasteiger partial charge in [-0.15, -0.1) is 0 Å². The summed E-state index contributed by atoms with van der Waals surface area (Å²) in [4.78, 5) is 16.3. The average molecular weight is 354 g/mol. The van der Waals surface area contributed by atoms with Crippen LogP contribution in [0.25, 0.3) is 6.08 Å². The Morgan fingerprint density at radius 2 is 2.04 bits per heavy atom. The highest BCUT2D eigenvalue weighted by atomic mass is 35.5. The van der Waals surface area contributed by atoms with Crippen LogP contribution in [0.5, 0.6) is 0 Å². The summed E-state index contributed by atoms with van der Waals surface area (Å²) >= 11 is 5.91. The molecule has 0 radical (unpaired) electrons. The molecular formula is C20H20ClN3O. The first-order valence-electron chi connectivity index (χ1n) is 8.30. The number of halogens is 1. The Balaban J connectivity index is 1.36. The minimum Gasteiger partial charge on any atom is -0.370 e. The van der Waals surface area contributed by atoms with E-state index in [1.807, 2.05) is 30.3 Å². The van der Waals surface area contributed by atoms with E-state index in [9.17, 15) is 4.79 Å². The molecule has 0 bridgehead atoms. The van der Waals surface area contributed by atoms with E-state index in [1.165, 1.54) is 17.2 Å². The molecule has 1 heterocycles. The number of hydrogen-bond acceptors (Lipinski definition) is 3. The van der Waals surface area contributed by atoms with Gasteiger partial charge >= 0.3 is 0 Å². The fraction of sp³-hybridized carbons (Fsp3) is 0.200. The van der Waals surface area contributed by atoms with Crippen molar-refractivity contribution in [2.75, 3.05) is 13.1 Å². The lowest BCUT2D eigenvalue weighted by molar-refractivity contribution is -0.116. The number of benzene rings is 2. The minimum absolute atomic E-state index is 0.108. The van der Waals surface area contributed by atoms with Crippen LogP contribution in [0.4, 0.5) is 0 Å². The lowest BCUT2D eigenvalue weighted by Crippen LogP contribution is -2.29. The zero-order valence-electron chi connectivity index (χ0n) is 13.8. The molecule has 3 rings (SSSR count). The summed E-state index contributed by atoms with van der Waals surface area (Å²) in [5.41, 5.74) is 3.34. The highest BCUT2D eigenvalue weighted by Gasteiger charge is 2.13. The number of fused-ring (bicyclic) bond motifs is 1. The highest BCUT2D eigenvalue weighted by Crippen LogP contribution is 2.16. The number of rotatable bonds is 6. The van der Waals surface area contributed by atoms with Crippen molar-refractivity contribution in [3.8, 4) is 0 Å². The van der Waals surface area contributed by atoms with Crippen molar-refractivity contribution in [2.45, 2.75) is 13.0 Å². The predicted molar refractivity (Wildman–Crippen MR) is 103 cm³/mol. The number of nitrogens with zero attached hydrogens (tertiary/aromatic N) is 1. The van der Waals surface area contributed by atoms with Crippen LogP contribution in [0.15, 0.2) is 59.6 Å². The second-order valence-electron chi connectivity index (χ2n) is 5.78. The SMILES string of the molecule is O=C(/C=C/c1cccc(Cl)c1)NCCCNC1=NCc2ccccc21. The molecule has 0 saturated carbocycles. The Hall–Kier alpha value is -2.59. The summed E-state index contributed by atoms with van der Waals surface area (Å²) in [6.07, 6.45) is 4.11. The van der Waals surface area contributed by atoms with Crippen LogP contribution in [0.1, 0.15) is 23.1 Å². The van der Waals surface area contributed by atoms with Crippen molar-refractivity contribution in [2.24, 2.45) is 4.99 Å². The van der Waals surface area contributed by atoms with Crippen molar-refractivity contribution in [3.05, 3.63) is 76.3 Å². The molecule has 0 aliphatic carbocycles. The summed E-state index contributed by atoms with van der Waals surface area (Å²) in [5.74, 6) is 0.839. The van der Waals surface area contributed by atoms with Gasteiger partial charge in [-0.3, -0.25) is 9.79 Å². The van der Waals surface area contributed by atoms with Crippen LogP contribution >= 0.6 is 11.6 Å². The van der Waals surface area contributed by atoms with Crippen LogP contribution in [0, 0.1) is 0 Å².